The number of nitrogens with one attached hydrogen (secondary N) is 1. The fourth-order valence-electron chi connectivity index (χ4n) is 3.22. The normalized spacial score (nSPS) is 21.8. The molecular weight excluding hydrogens is 326 g/mol. The summed E-state index contributed by atoms with van der Waals surface area (Å²) < 4.78 is 26.6. The van der Waals surface area contributed by atoms with Crippen LogP contribution in [-0.4, -0.2) is 36.7 Å². The summed E-state index contributed by atoms with van der Waals surface area (Å²) >= 11 is 0. The van der Waals surface area contributed by atoms with Gasteiger partial charge < -0.3 is 5.32 Å². The molecular formula is C17H23N3O3S. The lowest BCUT2D eigenvalue weighted by molar-refractivity contribution is -0.117. The number of hydrogen-bond donors (Lipinski definition) is 1. The number of nitrogens with zero attached hydrogens (tertiary/aromatic N) is 2. The Labute approximate surface area is 143 Å². The molecule has 2 aliphatic rings. The first kappa shape index (κ1) is 17.1. The molecule has 0 spiro atoms. The number of aromatic nitrogens is 1. The minimum Gasteiger partial charge on any atom is -0.311 e. The van der Waals surface area contributed by atoms with Crippen LogP contribution < -0.4 is 5.32 Å². The second-order valence-electron chi connectivity index (χ2n) is 6.39. The minimum atomic E-state index is -3.49. The highest BCUT2D eigenvalue weighted by Crippen LogP contribution is 2.24. The predicted molar refractivity (Wildman–Crippen MR) is 92.0 cm³/mol. The second kappa shape index (κ2) is 7.44. The number of sulfonamides is 1. The van der Waals surface area contributed by atoms with E-state index in [1.807, 2.05) is 0 Å². The first-order valence-corrected chi connectivity index (χ1v) is 9.91. The average Bonchev–Trinajstić information content (AvgIpc) is 3.11. The van der Waals surface area contributed by atoms with Gasteiger partial charge in [-0.25, -0.2) is 13.4 Å². The van der Waals surface area contributed by atoms with Crippen molar-refractivity contribution in [1.29, 1.82) is 0 Å². The van der Waals surface area contributed by atoms with E-state index < -0.39 is 10.0 Å². The van der Waals surface area contributed by atoms with Crippen molar-refractivity contribution >= 4 is 21.7 Å². The molecule has 1 amide bonds. The summed E-state index contributed by atoms with van der Waals surface area (Å²) in [6.07, 6.45) is 10.9. The molecule has 24 heavy (non-hydrogen) atoms. The number of hydrogen-bond acceptors (Lipinski definition) is 4. The molecule has 1 aromatic heterocycles. The van der Waals surface area contributed by atoms with Crippen LogP contribution in [0.15, 0.2) is 35.4 Å². The molecule has 1 fully saturated rings. The van der Waals surface area contributed by atoms with E-state index in [9.17, 15) is 13.2 Å². The summed E-state index contributed by atoms with van der Waals surface area (Å²) in [6, 6.07) is 2.93. The van der Waals surface area contributed by atoms with Gasteiger partial charge >= 0.3 is 0 Å². The van der Waals surface area contributed by atoms with Crippen LogP contribution in [0.3, 0.4) is 0 Å². The molecule has 0 saturated carbocycles. The maximum Gasteiger partial charge on any atom is 0.243 e. The van der Waals surface area contributed by atoms with Crippen molar-refractivity contribution in [1.82, 2.24) is 9.29 Å². The minimum absolute atomic E-state index is 0.112. The summed E-state index contributed by atoms with van der Waals surface area (Å²) in [5.41, 5.74) is 0. The quantitative estimate of drug-likeness (QED) is 0.829. The zero-order valence-electron chi connectivity index (χ0n) is 13.6. The molecule has 1 aliphatic carbocycles. The highest BCUT2D eigenvalue weighted by molar-refractivity contribution is 7.89. The first-order chi connectivity index (χ1) is 11.6. The van der Waals surface area contributed by atoms with Crippen LogP contribution in [0.25, 0.3) is 0 Å². The molecule has 0 aromatic carbocycles. The van der Waals surface area contributed by atoms with Gasteiger partial charge in [-0.3, -0.25) is 4.79 Å². The number of allylic oxidation sites excluding steroid dienone is 2. The fourth-order valence-corrected chi connectivity index (χ4v) is 4.75. The van der Waals surface area contributed by atoms with Gasteiger partial charge in [-0.1, -0.05) is 12.2 Å². The number of anilines is 1. The third kappa shape index (κ3) is 4.02. The van der Waals surface area contributed by atoms with Crippen LogP contribution in [0.2, 0.25) is 0 Å². The van der Waals surface area contributed by atoms with E-state index in [1.54, 1.807) is 0 Å². The maximum atomic E-state index is 12.6. The van der Waals surface area contributed by atoms with Gasteiger partial charge in [0.1, 0.15) is 5.82 Å². The largest absolute Gasteiger partial charge is 0.311 e. The Kier molecular flexibility index (Phi) is 5.30. The van der Waals surface area contributed by atoms with Gasteiger partial charge in [-0.05, 0) is 44.1 Å². The smallest absolute Gasteiger partial charge is 0.243 e. The van der Waals surface area contributed by atoms with E-state index in [4.69, 9.17) is 0 Å². The Hall–Kier alpha value is -1.73. The van der Waals surface area contributed by atoms with Crippen molar-refractivity contribution in [3.63, 3.8) is 0 Å². The Morgan fingerprint density at radius 2 is 2.08 bits per heavy atom. The molecule has 1 aliphatic heterocycles. The topological polar surface area (TPSA) is 79.4 Å². The molecule has 1 saturated heterocycles. The Morgan fingerprint density at radius 3 is 2.79 bits per heavy atom. The molecule has 0 radical (unpaired) electrons. The van der Waals surface area contributed by atoms with Gasteiger partial charge in [0.25, 0.3) is 0 Å². The van der Waals surface area contributed by atoms with Crippen LogP contribution in [-0.2, 0) is 14.8 Å². The number of carbonyl (C=O) groups excluding carboxylic acids is 1. The molecule has 1 N–H and O–H groups in total. The summed E-state index contributed by atoms with van der Waals surface area (Å²) in [4.78, 5) is 16.4. The SMILES string of the molecule is O=C(CC1CC=CCC1)Nc1cc(S(=O)(=O)N2CCCC2)ccn1. The highest BCUT2D eigenvalue weighted by Gasteiger charge is 2.27. The summed E-state index contributed by atoms with van der Waals surface area (Å²) in [6.45, 7) is 1.11. The fraction of sp³-hybridized carbons (Fsp3) is 0.529. The van der Waals surface area contributed by atoms with E-state index in [0.717, 1.165) is 32.1 Å². The summed E-state index contributed by atoms with van der Waals surface area (Å²) in [5, 5.41) is 2.74. The standard InChI is InChI=1S/C17H23N3O3S/c21-17(12-14-6-2-1-3-7-14)19-16-13-15(8-9-18-16)24(22,23)20-10-4-5-11-20/h1-2,8-9,13-14H,3-7,10-12H2,(H,18,19,21). The third-order valence-corrected chi connectivity index (χ3v) is 6.45. The van der Waals surface area contributed by atoms with Gasteiger partial charge in [0.15, 0.2) is 0 Å². The molecule has 2 heterocycles. The first-order valence-electron chi connectivity index (χ1n) is 8.47. The summed E-state index contributed by atoms with van der Waals surface area (Å²) in [7, 11) is -3.49. The van der Waals surface area contributed by atoms with E-state index in [2.05, 4.69) is 22.5 Å². The van der Waals surface area contributed by atoms with Crippen molar-refractivity contribution in [3.05, 3.63) is 30.5 Å². The number of amides is 1. The van der Waals surface area contributed by atoms with E-state index in [1.165, 1.54) is 22.6 Å². The molecule has 130 valence electrons. The Bertz CT molecular complexity index is 724. The van der Waals surface area contributed by atoms with Gasteiger partial charge in [-0.15, -0.1) is 0 Å². The average molecular weight is 349 g/mol. The van der Waals surface area contributed by atoms with Crippen LogP contribution in [0.4, 0.5) is 5.82 Å². The molecule has 1 unspecified atom stereocenters. The lowest BCUT2D eigenvalue weighted by atomic mass is 9.91. The van der Waals surface area contributed by atoms with E-state index in [0.29, 0.717) is 31.2 Å². The van der Waals surface area contributed by atoms with Gasteiger partial charge in [0.2, 0.25) is 15.9 Å². The van der Waals surface area contributed by atoms with Crippen LogP contribution in [0.1, 0.15) is 38.5 Å². The Balaban J connectivity index is 1.66. The van der Waals surface area contributed by atoms with Crippen molar-refractivity contribution in [2.75, 3.05) is 18.4 Å². The van der Waals surface area contributed by atoms with E-state index >= 15 is 0 Å². The molecule has 0 bridgehead atoms. The van der Waals surface area contributed by atoms with Crippen LogP contribution in [0.5, 0.6) is 0 Å². The summed E-state index contributed by atoms with van der Waals surface area (Å²) in [5.74, 6) is 0.539. The van der Waals surface area contributed by atoms with Crippen molar-refractivity contribution in [2.24, 2.45) is 5.92 Å². The number of pyridine rings is 1. The molecule has 1 atom stereocenters. The van der Waals surface area contributed by atoms with Crippen molar-refractivity contribution in [3.8, 4) is 0 Å². The van der Waals surface area contributed by atoms with Gasteiger partial charge in [-0.2, -0.15) is 4.31 Å². The maximum absolute atomic E-state index is 12.6. The molecule has 6 nitrogen and oxygen atoms in total. The molecule has 1 aromatic rings. The highest BCUT2D eigenvalue weighted by atomic mass is 32.2. The zero-order chi connectivity index (χ0) is 17.0. The second-order valence-corrected chi connectivity index (χ2v) is 8.33. The monoisotopic (exact) mass is 349 g/mol. The van der Waals surface area contributed by atoms with Crippen molar-refractivity contribution in [2.45, 2.75) is 43.4 Å². The van der Waals surface area contributed by atoms with Crippen LogP contribution >= 0.6 is 0 Å². The lowest BCUT2D eigenvalue weighted by Gasteiger charge is -2.17. The third-order valence-electron chi connectivity index (χ3n) is 4.55. The lowest BCUT2D eigenvalue weighted by Crippen LogP contribution is -2.28. The molecule has 7 heteroatoms. The Morgan fingerprint density at radius 1 is 1.29 bits per heavy atom. The predicted octanol–water partition coefficient (Wildman–Crippen LogP) is 2.55. The van der Waals surface area contributed by atoms with E-state index in [-0.39, 0.29) is 10.8 Å². The van der Waals surface area contributed by atoms with Crippen LogP contribution in [0, 0.1) is 5.92 Å². The van der Waals surface area contributed by atoms with Gasteiger partial charge in [0, 0.05) is 31.8 Å². The number of rotatable bonds is 5. The zero-order valence-corrected chi connectivity index (χ0v) is 14.5. The molecule has 3 rings (SSSR count). The van der Waals surface area contributed by atoms with Gasteiger partial charge in [0.05, 0.1) is 4.90 Å². The van der Waals surface area contributed by atoms with Crippen molar-refractivity contribution < 1.29 is 13.2 Å². The number of carbonyl (C=O) groups is 1.